The first kappa shape index (κ1) is 56.4. The number of hydrogen-bond donors (Lipinski definition) is 6. The van der Waals surface area contributed by atoms with Gasteiger partial charge in [-0.15, -0.1) is 0 Å². The number of carboxylic acid groups (broad SMARTS) is 5. The minimum atomic E-state index is -1.29. The summed E-state index contributed by atoms with van der Waals surface area (Å²) in [5, 5.41) is 45.1. The number of aliphatic carboxylic acids is 5. The highest BCUT2D eigenvalue weighted by Gasteiger charge is 2.25. The van der Waals surface area contributed by atoms with Crippen molar-refractivity contribution in [2.45, 2.75) is 103 Å². The van der Waals surface area contributed by atoms with Crippen molar-refractivity contribution in [2.24, 2.45) is 17.8 Å². The lowest BCUT2D eigenvalue weighted by molar-refractivity contribution is -0.149. The second kappa shape index (κ2) is 32.1. The van der Waals surface area contributed by atoms with Crippen molar-refractivity contribution in [1.82, 2.24) is 29.8 Å². The maximum absolute atomic E-state index is 11.3. The van der Waals surface area contributed by atoms with E-state index in [1.807, 2.05) is 14.1 Å². The zero-order valence-corrected chi connectivity index (χ0v) is 38.0. The maximum Gasteiger partial charge on any atom is 0.372 e. The Balaban J connectivity index is 0.000000388. The summed E-state index contributed by atoms with van der Waals surface area (Å²) in [5.41, 5.74) is 0. The van der Waals surface area contributed by atoms with Crippen molar-refractivity contribution in [1.29, 1.82) is 0 Å². The molecule has 0 aromatic carbocycles. The van der Waals surface area contributed by atoms with Gasteiger partial charge >= 0.3 is 29.8 Å². The molecule has 6 N–H and O–H groups in total. The third-order valence-electron chi connectivity index (χ3n) is 11.9. The van der Waals surface area contributed by atoms with Gasteiger partial charge in [0.2, 0.25) is 5.78 Å². The van der Waals surface area contributed by atoms with Gasteiger partial charge in [-0.25, -0.2) is 9.59 Å². The van der Waals surface area contributed by atoms with Crippen molar-refractivity contribution in [3.63, 3.8) is 0 Å². The number of ketones is 2. The molecule has 0 amide bonds. The smallest absolute Gasteiger partial charge is 0.372 e. The summed E-state index contributed by atoms with van der Waals surface area (Å²) in [4.78, 5) is 84.5. The Morgan fingerprint density at radius 2 is 1.03 bits per heavy atom. The fourth-order valence-corrected chi connectivity index (χ4v) is 7.56. The molecule has 5 saturated heterocycles. The molecule has 358 valence electrons. The van der Waals surface area contributed by atoms with Crippen molar-refractivity contribution in [3.8, 4) is 0 Å². The summed E-state index contributed by atoms with van der Waals surface area (Å²) in [6, 6.07) is 0.400. The zero-order chi connectivity index (χ0) is 46.6. The van der Waals surface area contributed by atoms with E-state index in [2.05, 4.69) is 50.8 Å². The van der Waals surface area contributed by atoms with Crippen LogP contribution in [0.3, 0.4) is 0 Å². The molecule has 19 heteroatoms. The van der Waals surface area contributed by atoms with Crippen LogP contribution in [0.4, 0.5) is 0 Å². The monoisotopic (exact) mass is 887 g/mol. The Morgan fingerprint density at radius 1 is 0.565 bits per heavy atom. The molecule has 5 heterocycles. The molecule has 0 radical (unpaired) electrons. The molecule has 0 spiro atoms. The molecule has 0 aliphatic carbocycles. The van der Waals surface area contributed by atoms with E-state index in [0.29, 0.717) is 6.04 Å². The lowest BCUT2D eigenvalue weighted by Crippen LogP contribution is -2.42. The van der Waals surface area contributed by atoms with Crippen LogP contribution < -0.4 is 5.32 Å². The molecule has 62 heavy (non-hydrogen) atoms. The number of rotatable bonds is 15. The molecule has 0 saturated carbocycles. The first-order valence-electron chi connectivity index (χ1n) is 22.2. The summed E-state index contributed by atoms with van der Waals surface area (Å²) < 4.78 is 5.17. The second-order valence-corrected chi connectivity index (χ2v) is 17.5. The van der Waals surface area contributed by atoms with E-state index in [4.69, 9.17) is 30.3 Å². The number of carbonyl (C=O) groups excluding carboxylic acids is 2. The van der Waals surface area contributed by atoms with Crippen LogP contribution >= 0.6 is 0 Å². The summed E-state index contributed by atoms with van der Waals surface area (Å²) in [5.74, 6) is -4.31. The molecule has 0 aromatic heterocycles. The van der Waals surface area contributed by atoms with Gasteiger partial charge in [0.25, 0.3) is 0 Å². The number of nitrogens with one attached hydrogen (secondary N) is 1. The van der Waals surface area contributed by atoms with Gasteiger partial charge in [-0.05, 0) is 157 Å². The topological polar surface area (TPSA) is 258 Å². The zero-order valence-electron chi connectivity index (χ0n) is 38.0. The van der Waals surface area contributed by atoms with E-state index in [1.54, 1.807) is 0 Å². The molecule has 5 fully saturated rings. The van der Waals surface area contributed by atoms with Crippen molar-refractivity contribution in [3.05, 3.63) is 0 Å². The number of carboxylic acids is 5. The average molecular weight is 887 g/mol. The predicted octanol–water partition coefficient (Wildman–Crippen LogP) is 1.87. The van der Waals surface area contributed by atoms with Gasteiger partial charge in [-0.3, -0.25) is 24.0 Å². The van der Waals surface area contributed by atoms with Gasteiger partial charge in [0.15, 0.2) is 0 Å². The van der Waals surface area contributed by atoms with Gasteiger partial charge < -0.3 is 60.1 Å². The highest BCUT2D eigenvalue weighted by molar-refractivity contribution is 6.32. The molecule has 0 unspecified atom stereocenters. The third kappa shape index (κ3) is 28.9. The number of likely N-dealkylation sites (tertiary alicyclic amines) is 5. The number of Topliss-reactive ketones (excluding diaryl/α,β-unsaturated/α-hetero) is 2. The van der Waals surface area contributed by atoms with E-state index in [9.17, 15) is 33.6 Å². The molecule has 5 aliphatic heterocycles. The van der Waals surface area contributed by atoms with E-state index < -0.39 is 35.6 Å². The highest BCUT2D eigenvalue weighted by atomic mass is 16.5. The molecular weight excluding hydrogens is 809 g/mol. The van der Waals surface area contributed by atoms with Gasteiger partial charge in [-0.1, -0.05) is 6.92 Å². The fraction of sp³-hybridized carbons (Fsp3) is 0.837. The van der Waals surface area contributed by atoms with Gasteiger partial charge in [0, 0.05) is 38.0 Å². The van der Waals surface area contributed by atoms with E-state index >= 15 is 0 Å². The van der Waals surface area contributed by atoms with Crippen molar-refractivity contribution < 1.29 is 63.8 Å². The highest BCUT2D eigenvalue weighted by Crippen LogP contribution is 2.20. The van der Waals surface area contributed by atoms with Crippen LogP contribution in [0.2, 0.25) is 0 Å². The Morgan fingerprint density at radius 3 is 1.47 bits per heavy atom. The van der Waals surface area contributed by atoms with Crippen molar-refractivity contribution >= 4 is 41.4 Å². The summed E-state index contributed by atoms with van der Waals surface area (Å²) in [6.07, 6.45) is 10.3. The first-order valence-corrected chi connectivity index (χ1v) is 22.2. The maximum atomic E-state index is 11.3. The Hall–Kier alpha value is -3.59. The molecule has 5 aliphatic rings. The van der Waals surface area contributed by atoms with Gasteiger partial charge in [0.1, 0.15) is 18.8 Å². The number of nitrogens with zero attached hydrogens (tertiary/aromatic N) is 5. The normalized spacial score (nSPS) is 20.7. The SMILES string of the molecule is CC1CCN(CCC(=O)O)CC1.CN1CCC(C(=O)CC(=O)O)CC1.CN1CCC(CC(=O)C(=O)O)CC1.CN1CCC(NCC(=O)O)CC1.CN1CCC(OCC(=O)O)CC1. The largest absolute Gasteiger partial charge is 0.481 e. The summed E-state index contributed by atoms with van der Waals surface area (Å²) in [7, 11) is 8.20. The number of ether oxygens (including phenoxy) is 1. The van der Waals surface area contributed by atoms with Crippen LogP contribution in [0, 0.1) is 17.8 Å². The van der Waals surface area contributed by atoms with Crippen LogP contribution in [0.5, 0.6) is 0 Å². The lowest BCUT2D eigenvalue weighted by atomic mass is 9.91. The molecular formula is C43H78N6O13. The van der Waals surface area contributed by atoms with Crippen LogP contribution in [0.1, 0.15) is 90.4 Å². The standard InChI is InChI=1S/2C9H15NO3.C9H17NO2.C8H16N2O2.C8H15NO3/c1-10-4-2-7(3-5-10)8(11)6-9(12)13;1-10-4-2-7(3-5-10)6-8(11)9(12)13;1-8-2-5-10(6-3-8)7-4-9(11)12;1-10-4-2-7(3-5-10)9-6-8(11)12;1-9-4-2-7(3-5-9)12-6-8(10)11/h2*7H,2-6H2,1H3,(H,12,13);8H,2-7H2,1H3,(H,11,12);7,9H,2-6H2,1H3,(H,11,12);7H,2-6H2,1H3,(H,10,11). The molecule has 0 atom stereocenters. The quantitative estimate of drug-likeness (QED) is 0.101. The number of carbonyl (C=O) groups is 7. The molecule has 5 rings (SSSR count). The fourth-order valence-electron chi connectivity index (χ4n) is 7.56. The average Bonchev–Trinajstić information content (AvgIpc) is 3.22. The Labute approximate surface area is 368 Å². The Kier molecular flexibility index (Phi) is 29.2. The Bertz CT molecular complexity index is 1250. The van der Waals surface area contributed by atoms with Crippen molar-refractivity contribution in [2.75, 3.05) is 113 Å². The second-order valence-electron chi connectivity index (χ2n) is 17.5. The minimum absolute atomic E-state index is 0.0210. The van der Waals surface area contributed by atoms with E-state index in [0.717, 1.165) is 129 Å². The van der Waals surface area contributed by atoms with Crippen LogP contribution in [0.15, 0.2) is 0 Å². The van der Waals surface area contributed by atoms with Crippen LogP contribution in [0.25, 0.3) is 0 Å². The summed E-state index contributed by atoms with van der Waals surface area (Å²) >= 11 is 0. The molecule has 0 aromatic rings. The predicted molar refractivity (Wildman–Crippen MR) is 232 cm³/mol. The van der Waals surface area contributed by atoms with Crippen LogP contribution in [-0.4, -0.2) is 217 Å². The van der Waals surface area contributed by atoms with Crippen LogP contribution in [-0.2, 0) is 38.3 Å². The number of hydrogen-bond acceptors (Lipinski definition) is 14. The number of piperidine rings is 5. The van der Waals surface area contributed by atoms with Gasteiger partial charge in [-0.2, -0.15) is 0 Å². The lowest BCUT2D eigenvalue weighted by Gasteiger charge is -2.29. The van der Waals surface area contributed by atoms with Gasteiger partial charge in [0.05, 0.1) is 19.1 Å². The third-order valence-corrected chi connectivity index (χ3v) is 11.9. The minimum Gasteiger partial charge on any atom is -0.481 e. The van der Waals surface area contributed by atoms with E-state index in [1.165, 1.54) is 12.8 Å². The summed E-state index contributed by atoms with van der Waals surface area (Å²) in [6.45, 7) is 13.0. The van der Waals surface area contributed by atoms with E-state index in [-0.39, 0.29) is 56.1 Å². The molecule has 19 nitrogen and oxygen atoms in total. The molecule has 0 bridgehead atoms. The first-order chi connectivity index (χ1) is 29.2.